The molecule has 0 amide bonds. The fourth-order valence-electron chi connectivity index (χ4n) is 15.1. The number of fused-ring (bicyclic) bond motifs is 15. The van der Waals surface area contributed by atoms with Crippen LogP contribution in [-0.2, 0) is 0 Å². The third kappa shape index (κ3) is 14.7. The first kappa shape index (κ1) is 73.1. The fraction of sp³-hybridized carbons (Fsp3) is 0. The van der Waals surface area contributed by atoms with Gasteiger partial charge in [-0.05, 0) is 57.6 Å². The molecule has 0 fully saturated rings. The van der Waals surface area contributed by atoms with E-state index >= 15 is 0 Å². The van der Waals surface area contributed by atoms with E-state index in [4.69, 9.17) is 14.4 Å². The lowest BCUT2D eigenvalue weighted by Crippen LogP contribution is -1.93. The molecule has 24 aromatic rings. The van der Waals surface area contributed by atoms with E-state index in [-0.39, 0.29) is 0 Å². The standard InChI is InChI=1S/C22H14N2O.3C22H14N2S.C16H10N2S/c1-3-8-15(9-4-1)17-12-7-13-18-19(17)21-22(25-18)20(23-14-24-21)16-10-5-2-6-11-16;1-3-9-15(10-4-1)19-21-20(17-13-7-8-14-18(17)25-21)24-22(23-19)16-11-5-2-6-12-16;1-3-8-15(9-4-1)17-12-7-13-18-20-22(25-21(17)18)19(23-14-24-20)16-10-5-2-6-11-16;1-3-7-15(8-4-1)17-11-12-18-19(13-17)25-22-20(23-14-24-21(18)22)16-9-5-2-6-10-16;1-2-6-11(7-3-1)14-16-15(18-10-17-14)12-8-4-5-9-13(12)19-16/h4*1-14H;1-10H. The van der Waals surface area contributed by atoms with Crippen molar-refractivity contribution in [2.75, 3.05) is 0 Å². The van der Waals surface area contributed by atoms with E-state index in [1.54, 1.807) is 70.7 Å². The number of furan rings is 1. The highest BCUT2D eigenvalue weighted by atomic mass is 32.1. The number of thiophene rings is 4. The number of aromatic nitrogens is 10. The lowest BCUT2D eigenvalue weighted by Gasteiger charge is -2.06. The molecule has 0 bridgehead atoms. The minimum atomic E-state index is 0.729. The van der Waals surface area contributed by atoms with Gasteiger partial charge < -0.3 is 4.42 Å². The molecule has 14 aromatic carbocycles. The van der Waals surface area contributed by atoms with Crippen LogP contribution in [0.1, 0.15) is 0 Å². The molecule has 0 aliphatic carbocycles. The van der Waals surface area contributed by atoms with Crippen molar-refractivity contribution in [1.82, 2.24) is 49.8 Å². The fourth-order valence-corrected chi connectivity index (χ4v) is 20.0. The Hall–Kier alpha value is -14.8. The summed E-state index contributed by atoms with van der Waals surface area (Å²) in [5.74, 6) is 0.774. The van der Waals surface area contributed by atoms with Crippen LogP contribution in [0.2, 0.25) is 0 Å². The molecule has 0 saturated heterocycles. The van der Waals surface area contributed by atoms with Gasteiger partial charge in [0.2, 0.25) is 0 Å². The molecule has 0 radical (unpaired) electrons. The quantitative estimate of drug-likeness (QED) is 0.136. The average molecular weight is 1600 g/mol. The summed E-state index contributed by atoms with van der Waals surface area (Å²) in [6.45, 7) is 0. The Balaban J connectivity index is 0.0000000956. The van der Waals surface area contributed by atoms with Crippen molar-refractivity contribution in [3.05, 3.63) is 401 Å². The Kier molecular flexibility index (Phi) is 20.4. The molecule has 0 aliphatic heterocycles. The van der Waals surface area contributed by atoms with Gasteiger partial charge in [0.1, 0.15) is 42.1 Å². The van der Waals surface area contributed by atoms with E-state index in [2.05, 4.69) is 264 Å². The Morgan fingerprint density at radius 2 is 0.555 bits per heavy atom. The van der Waals surface area contributed by atoms with Gasteiger partial charge in [0.25, 0.3) is 0 Å². The number of nitrogens with zero attached hydrogens (tertiary/aromatic N) is 10. The van der Waals surface area contributed by atoms with Crippen molar-refractivity contribution in [2.45, 2.75) is 0 Å². The van der Waals surface area contributed by atoms with Crippen LogP contribution in [0.3, 0.4) is 0 Å². The molecular weight excluding hydrogens is 1530 g/mol. The molecule has 0 unspecified atom stereocenters. The Morgan fingerprint density at radius 1 is 0.202 bits per heavy atom. The van der Waals surface area contributed by atoms with E-state index in [0.717, 1.165) is 142 Å². The first-order valence-electron chi connectivity index (χ1n) is 38.9. The van der Waals surface area contributed by atoms with Crippen LogP contribution in [0.4, 0.5) is 0 Å². The SMILES string of the molecule is c1ccc(-c2ccc3c(c2)sc2c(-c4ccccc4)ncnc23)cc1.c1ccc(-c2cccc3c2sc2c(-c4ccccc4)ncnc23)cc1.c1ccc(-c2nc(-c3ccccc3)c3sc4ccccc4c3n2)cc1.c1ccc(-c2ncnc3c2oc2cccc(-c4ccccc4)c23)cc1.c1ccc(-c2ncnc3c2sc2ccccc23)cc1. The molecule has 0 spiro atoms. The molecule has 15 heteroatoms. The minimum absolute atomic E-state index is 0.729. The van der Waals surface area contributed by atoms with Crippen molar-refractivity contribution < 1.29 is 4.42 Å². The Bertz CT molecular complexity index is 7550. The van der Waals surface area contributed by atoms with Gasteiger partial charge in [-0.15, -0.1) is 45.3 Å². The number of hydrogen-bond donors (Lipinski definition) is 0. The van der Waals surface area contributed by atoms with Crippen molar-refractivity contribution in [3.63, 3.8) is 0 Å². The molecule has 562 valence electrons. The molecule has 24 rings (SSSR count). The van der Waals surface area contributed by atoms with Gasteiger partial charge in [-0.2, -0.15) is 0 Å². The zero-order chi connectivity index (χ0) is 79.2. The van der Waals surface area contributed by atoms with Crippen LogP contribution in [0.25, 0.3) is 204 Å². The summed E-state index contributed by atoms with van der Waals surface area (Å²) in [7, 11) is 0. The summed E-state index contributed by atoms with van der Waals surface area (Å²) < 4.78 is 15.8. The monoisotopic (exact) mass is 1600 g/mol. The van der Waals surface area contributed by atoms with Crippen LogP contribution < -0.4 is 0 Å². The zero-order valence-electron chi connectivity index (χ0n) is 63.6. The van der Waals surface area contributed by atoms with Gasteiger partial charge in [-0.3, -0.25) is 0 Å². The molecule has 0 aliphatic rings. The second-order valence-corrected chi connectivity index (χ2v) is 32.2. The highest BCUT2D eigenvalue weighted by molar-refractivity contribution is 7.27. The first-order valence-corrected chi connectivity index (χ1v) is 42.1. The zero-order valence-corrected chi connectivity index (χ0v) is 66.9. The average Bonchev–Trinajstić information content (AvgIpc) is 1.62. The summed E-state index contributed by atoms with van der Waals surface area (Å²) in [5, 5.41) is 5.82. The van der Waals surface area contributed by atoms with Crippen LogP contribution >= 0.6 is 45.3 Å². The number of hydrogen-bond acceptors (Lipinski definition) is 15. The van der Waals surface area contributed by atoms with E-state index in [1.165, 1.54) is 62.6 Å². The van der Waals surface area contributed by atoms with Crippen LogP contribution in [-0.4, -0.2) is 49.8 Å². The molecule has 11 nitrogen and oxygen atoms in total. The van der Waals surface area contributed by atoms with Crippen molar-refractivity contribution in [1.29, 1.82) is 0 Å². The first-order chi connectivity index (χ1) is 59.1. The third-order valence-corrected chi connectivity index (χ3v) is 25.4. The minimum Gasteiger partial charge on any atom is -0.452 e. The van der Waals surface area contributed by atoms with Gasteiger partial charge in [-0.1, -0.05) is 352 Å². The lowest BCUT2D eigenvalue weighted by atomic mass is 10.0. The van der Waals surface area contributed by atoms with E-state index in [9.17, 15) is 0 Å². The topological polar surface area (TPSA) is 142 Å². The molecule has 0 N–H and O–H groups in total. The van der Waals surface area contributed by atoms with Crippen molar-refractivity contribution in [2.24, 2.45) is 0 Å². The second-order valence-electron chi connectivity index (χ2n) is 28.0. The number of benzene rings is 14. The number of rotatable bonds is 9. The summed E-state index contributed by atoms with van der Waals surface area (Å²) in [6.07, 6.45) is 6.61. The van der Waals surface area contributed by atoms with Crippen molar-refractivity contribution >= 4 is 149 Å². The molecule has 119 heavy (non-hydrogen) atoms. The maximum absolute atomic E-state index is 6.18. The Morgan fingerprint density at radius 3 is 1.07 bits per heavy atom. The summed E-state index contributed by atoms with van der Waals surface area (Å²) in [5.41, 5.74) is 25.2. The van der Waals surface area contributed by atoms with Crippen LogP contribution in [0.15, 0.2) is 406 Å². The van der Waals surface area contributed by atoms with Crippen molar-refractivity contribution in [3.8, 4) is 101 Å². The normalized spacial score (nSPS) is 11.2. The van der Waals surface area contributed by atoms with Gasteiger partial charge in [0.05, 0.1) is 69.0 Å². The smallest absolute Gasteiger partial charge is 0.180 e. The predicted molar refractivity (Wildman–Crippen MR) is 498 cm³/mol. The largest absolute Gasteiger partial charge is 0.452 e. The molecule has 10 aromatic heterocycles. The Labute approximate surface area is 700 Å². The maximum Gasteiger partial charge on any atom is 0.180 e. The summed E-state index contributed by atoms with van der Waals surface area (Å²) in [4.78, 5) is 46.1. The highest BCUT2D eigenvalue weighted by Crippen LogP contribution is 2.46. The summed E-state index contributed by atoms with van der Waals surface area (Å²) in [6, 6.07) is 129. The molecule has 10 heterocycles. The third-order valence-electron chi connectivity index (χ3n) is 20.7. The summed E-state index contributed by atoms with van der Waals surface area (Å²) >= 11 is 7.07. The van der Waals surface area contributed by atoms with Gasteiger partial charge in [-0.25, -0.2) is 49.8 Å². The van der Waals surface area contributed by atoms with E-state index < -0.39 is 0 Å². The highest BCUT2D eigenvalue weighted by Gasteiger charge is 2.22. The maximum atomic E-state index is 6.18. The van der Waals surface area contributed by atoms with E-state index in [0.29, 0.717) is 0 Å². The molecule has 0 saturated carbocycles. The predicted octanol–water partition coefficient (Wildman–Crippen LogP) is 28.8. The van der Waals surface area contributed by atoms with Crippen LogP contribution in [0, 0.1) is 0 Å². The van der Waals surface area contributed by atoms with Crippen LogP contribution in [0.5, 0.6) is 0 Å². The lowest BCUT2D eigenvalue weighted by molar-refractivity contribution is 0.667. The second kappa shape index (κ2) is 33.2. The van der Waals surface area contributed by atoms with Gasteiger partial charge in [0, 0.05) is 73.7 Å². The van der Waals surface area contributed by atoms with E-state index in [1.807, 2.05) is 152 Å². The molecular formula is C104H66N10OS4. The van der Waals surface area contributed by atoms with Gasteiger partial charge in [0.15, 0.2) is 11.4 Å². The van der Waals surface area contributed by atoms with Gasteiger partial charge >= 0.3 is 0 Å². The molecule has 0 atom stereocenters.